The van der Waals surface area contributed by atoms with Gasteiger partial charge in [0.25, 0.3) is 5.91 Å². The standard InChI is InChI=1S/C29H27F4N5O3/c1-2-25(40)36-10-8-21-26-22(38(35-21)18-6-7-19(20(30)13-18)16-4-3-5-16)9-11-37(23(26)15-36)28(41)17-12-24(39)27(34-14-17)29(31,32)33/h2,6-7,12-14,16,23,39H,1,3-5,8-11,15H2. The van der Waals surface area contributed by atoms with Gasteiger partial charge in [0.15, 0.2) is 5.69 Å². The van der Waals surface area contributed by atoms with E-state index in [1.165, 1.54) is 17.0 Å². The van der Waals surface area contributed by atoms with Gasteiger partial charge < -0.3 is 14.9 Å². The third kappa shape index (κ3) is 4.64. The highest BCUT2D eigenvalue weighted by Gasteiger charge is 2.41. The number of carbonyl (C=O) groups excluding carboxylic acids is 2. The van der Waals surface area contributed by atoms with Crippen LogP contribution in [0.25, 0.3) is 5.69 Å². The minimum Gasteiger partial charge on any atom is -0.506 e. The van der Waals surface area contributed by atoms with E-state index in [9.17, 15) is 27.9 Å². The van der Waals surface area contributed by atoms with Gasteiger partial charge in [-0.3, -0.25) is 9.59 Å². The van der Waals surface area contributed by atoms with Gasteiger partial charge in [0.2, 0.25) is 5.91 Å². The summed E-state index contributed by atoms with van der Waals surface area (Å²) >= 11 is 0. The first-order valence-electron chi connectivity index (χ1n) is 13.5. The van der Waals surface area contributed by atoms with Gasteiger partial charge in [0.05, 0.1) is 28.7 Å². The quantitative estimate of drug-likeness (QED) is 0.363. The number of amides is 2. The normalized spacial score (nSPS) is 18.9. The average Bonchev–Trinajstić information content (AvgIpc) is 3.17. The fraction of sp³-hybridized carbons (Fsp3) is 0.379. The first-order chi connectivity index (χ1) is 19.6. The Hall–Kier alpha value is -4.22. The molecule has 1 unspecified atom stereocenters. The van der Waals surface area contributed by atoms with Crippen LogP contribution < -0.4 is 0 Å². The predicted molar refractivity (Wildman–Crippen MR) is 139 cm³/mol. The average molecular weight is 570 g/mol. The van der Waals surface area contributed by atoms with Gasteiger partial charge in [-0.1, -0.05) is 19.1 Å². The number of alkyl halides is 3. The zero-order valence-electron chi connectivity index (χ0n) is 22.0. The van der Waals surface area contributed by atoms with Crippen molar-refractivity contribution in [2.24, 2.45) is 0 Å². The lowest BCUT2D eigenvalue weighted by Crippen LogP contribution is -2.45. The van der Waals surface area contributed by atoms with Crippen molar-refractivity contribution >= 4 is 11.8 Å². The molecule has 2 aromatic heterocycles. The molecule has 1 fully saturated rings. The molecule has 0 radical (unpaired) electrons. The number of hydrogen-bond donors (Lipinski definition) is 1. The molecule has 3 aromatic rings. The number of nitrogens with zero attached hydrogens (tertiary/aromatic N) is 5. The first kappa shape index (κ1) is 27.0. The lowest BCUT2D eigenvalue weighted by molar-refractivity contribution is -0.142. The predicted octanol–water partition coefficient (Wildman–Crippen LogP) is 4.71. The summed E-state index contributed by atoms with van der Waals surface area (Å²) in [6.07, 6.45) is 0.850. The number of carbonyl (C=O) groups is 2. The fourth-order valence-corrected chi connectivity index (χ4v) is 6.03. The van der Waals surface area contributed by atoms with Crippen LogP contribution in [0.2, 0.25) is 0 Å². The van der Waals surface area contributed by atoms with Crippen molar-refractivity contribution in [1.29, 1.82) is 0 Å². The molecule has 6 rings (SSSR count). The van der Waals surface area contributed by atoms with Gasteiger partial charge in [-0.2, -0.15) is 18.3 Å². The maximum Gasteiger partial charge on any atom is 0.437 e. The Balaban J connectivity index is 1.39. The maximum absolute atomic E-state index is 15.1. The molecule has 1 N–H and O–H groups in total. The number of hydrogen-bond acceptors (Lipinski definition) is 5. The Kier molecular flexibility index (Phi) is 6.58. The monoisotopic (exact) mass is 569 g/mol. The molecule has 2 amide bonds. The van der Waals surface area contributed by atoms with E-state index in [0.717, 1.165) is 42.8 Å². The summed E-state index contributed by atoms with van der Waals surface area (Å²) in [5.74, 6) is -2.17. The lowest BCUT2D eigenvalue weighted by Gasteiger charge is -2.37. The minimum absolute atomic E-state index is 0.108. The van der Waals surface area contributed by atoms with Gasteiger partial charge in [-0.15, -0.1) is 0 Å². The van der Waals surface area contributed by atoms with Gasteiger partial charge >= 0.3 is 6.18 Å². The molecule has 2 aliphatic heterocycles. The van der Waals surface area contributed by atoms with Crippen LogP contribution in [0.5, 0.6) is 5.75 Å². The molecule has 12 heteroatoms. The summed E-state index contributed by atoms with van der Waals surface area (Å²) in [7, 11) is 0. The summed E-state index contributed by atoms with van der Waals surface area (Å²) in [6, 6.07) is 5.21. The molecule has 4 heterocycles. The van der Waals surface area contributed by atoms with Crippen molar-refractivity contribution in [3.05, 3.63) is 82.7 Å². The van der Waals surface area contributed by atoms with Gasteiger partial charge in [-0.05, 0) is 48.6 Å². The van der Waals surface area contributed by atoms with E-state index in [0.29, 0.717) is 36.3 Å². The molecule has 0 saturated heterocycles. The van der Waals surface area contributed by atoms with Gasteiger partial charge in [-0.25, -0.2) is 14.1 Å². The summed E-state index contributed by atoms with van der Waals surface area (Å²) in [5, 5.41) is 14.8. The second-order valence-corrected chi connectivity index (χ2v) is 10.6. The Labute approximate surface area is 232 Å². The van der Waals surface area contributed by atoms with Crippen LogP contribution in [0.1, 0.15) is 69.8 Å². The Morgan fingerprint density at radius 1 is 1.12 bits per heavy atom. The molecule has 8 nitrogen and oxygen atoms in total. The fourth-order valence-electron chi connectivity index (χ4n) is 6.03. The van der Waals surface area contributed by atoms with Crippen LogP contribution in [-0.4, -0.2) is 61.1 Å². The summed E-state index contributed by atoms with van der Waals surface area (Å²) in [5.41, 5.74) is 1.73. The molecular weight excluding hydrogens is 542 g/mol. The van der Waals surface area contributed by atoms with E-state index in [4.69, 9.17) is 5.10 Å². The minimum atomic E-state index is -4.88. The topological polar surface area (TPSA) is 91.6 Å². The molecule has 1 atom stereocenters. The highest BCUT2D eigenvalue weighted by molar-refractivity contribution is 5.95. The molecule has 1 aromatic carbocycles. The van der Waals surface area contributed by atoms with E-state index in [1.54, 1.807) is 15.6 Å². The highest BCUT2D eigenvalue weighted by Crippen LogP contribution is 2.41. The zero-order chi connectivity index (χ0) is 29.1. The van der Waals surface area contributed by atoms with Crippen molar-refractivity contribution in [2.45, 2.75) is 50.2 Å². The summed E-state index contributed by atoms with van der Waals surface area (Å²) < 4.78 is 56.2. The molecule has 1 saturated carbocycles. The van der Waals surface area contributed by atoms with Crippen molar-refractivity contribution < 1.29 is 32.3 Å². The molecular formula is C29H27F4N5O3. The molecule has 1 aliphatic carbocycles. The van der Waals surface area contributed by atoms with E-state index in [-0.39, 0.29) is 36.3 Å². The Morgan fingerprint density at radius 2 is 1.90 bits per heavy atom. The number of benzene rings is 1. The molecule has 0 spiro atoms. The van der Waals surface area contributed by atoms with Crippen LogP contribution >= 0.6 is 0 Å². The maximum atomic E-state index is 15.1. The highest BCUT2D eigenvalue weighted by atomic mass is 19.4. The van der Waals surface area contributed by atoms with E-state index < -0.39 is 29.6 Å². The second-order valence-electron chi connectivity index (χ2n) is 10.6. The Morgan fingerprint density at radius 3 is 2.54 bits per heavy atom. The lowest BCUT2D eigenvalue weighted by atomic mass is 9.80. The van der Waals surface area contributed by atoms with Crippen LogP contribution in [0.3, 0.4) is 0 Å². The third-order valence-electron chi connectivity index (χ3n) is 8.31. The van der Waals surface area contributed by atoms with Crippen LogP contribution in [0, 0.1) is 5.82 Å². The van der Waals surface area contributed by atoms with Crippen molar-refractivity contribution in [3.8, 4) is 11.4 Å². The molecule has 0 bridgehead atoms. The number of rotatable bonds is 4. The number of pyridine rings is 1. The number of halogens is 4. The van der Waals surface area contributed by atoms with E-state index >= 15 is 4.39 Å². The van der Waals surface area contributed by atoms with E-state index in [2.05, 4.69) is 11.6 Å². The molecule has 3 aliphatic rings. The van der Waals surface area contributed by atoms with Crippen LogP contribution in [0.15, 0.2) is 43.1 Å². The third-order valence-corrected chi connectivity index (χ3v) is 8.31. The summed E-state index contributed by atoms with van der Waals surface area (Å²) in [4.78, 5) is 32.6. The second kappa shape index (κ2) is 10.0. The van der Waals surface area contributed by atoms with Crippen molar-refractivity contribution in [2.75, 3.05) is 19.6 Å². The van der Waals surface area contributed by atoms with Gasteiger partial charge in [0.1, 0.15) is 11.6 Å². The van der Waals surface area contributed by atoms with Crippen molar-refractivity contribution in [1.82, 2.24) is 24.6 Å². The number of aromatic nitrogens is 3. The Bertz CT molecular complexity index is 1560. The van der Waals surface area contributed by atoms with E-state index in [1.807, 2.05) is 6.07 Å². The summed E-state index contributed by atoms with van der Waals surface area (Å²) in [6.45, 7) is 4.14. The van der Waals surface area contributed by atoms with Gasteiger partial charge in [0, 0.05) is 44.2 Å². The van der Waals surface area contributed by atoms with Crippen LogP contribution in [0.4, 0.5) is 17.6 Å². The largest absolute Gasteiger partial charge is 0.506 e. The smallest absolute Gasteiger partial charge is 0.437 e. The SMILES string of the molecule is C=CC(=O)N1CCc2nn(-c3ccc(C4CCC4)c(F)c3)c3c2C(C1)N(C(=O)c1cnc(C(F)(F)F)c(O)c1)CC3. The van der Waals surface area contributed by atoms with Crippen LogP contribution in [-0.2, 0) is 23.8 Å². The number of aromatic hydroxyl groups is 1. The zero-order valence-corrected chi connectivity index (χ0v) is 22.0. The molecule has 41 heavy (non-hydrogen) atoms. The van der Waals surface area contributed by atoms with Crippen molar-refractivity contribution in [3.63, 3.8) is 0 Å². The molecule has 214 valence electrons. The first-order valence-corrected chi connectivity index (χ1v) is 13.5.